The third-order valence-electron chi connectivity index (χ3n) is 5.13. The van der Waals surface area contributed by atoms with Gasteiger partial charge in [-0.15, -0.1) is 0 Å². The summed E-state index contributed by atoms with van der Waals surface area (Å²) in [5.74, 6) is 5.21. The number of imidazole rings is 2. The molecule has 5 rings (SSSR count). The van der Waals surface area contributed by atoms with E-state index in [2.05, 4.69) is 37.2 Å². The maximum Gasteiger partial charge on any atom is 0.416 e. The van der Waals surface area contributed by atoms with Gasteiger partial charge in [0.2, 0.25) is 0 Å². The number of aryl methyl sites for hydroxylation is 1. The number of benzene rings is 1. The highest BCUT2D eigenvalue weighted by Crippen LogP contribution is 2.33. The highest BCUT2D eigenvalue weighted by atomic mass is 19.4. The lowest BCUT2D eigenvalue weighted by molar-refractivity contribution is -0.137. The molecule has 4 heterocycles. The molecule has 0 fully saturated rings. The summed E-state index contributed by atoms with van der Waals surface area (Å²) in [6.45, 7) is 1.72. The fourth-order valence-electron chi connectivity index (χ4n) is 3.44. The maximum absolute atomic E-state index is 13.5. The number of alkyl halides is 3. The summed E-state index contributed by atoms with van der Waals surface area (Å²) < 4.78 is 43.5. The summed E-state index contributed by atoms with van der Waals surface area (Å²) in [4.78, 5) is 25.2. The topological polar surface area (TPSA) is 90.0 Å². The van der Waals surface area contributed by atoms with Gasteiger partial charge in [0.15, 0.2) is 5.65 Å². The largest absolute Gasteiger partial charge is 0.416 e. The van der Waals surface area contributed by atoms with E-state index >= 15 is 0 Å². The van der Waals surface area contributed by atoms with E-state index in [4.69, 9.17) is 0 Å². The van der Waals surface area contributed by atoms with Gasteiger partial charge in [0.25, 0.3) is 5.91 Å². The number of hydrogen-bond acceptors (Lipinski definition) is 5. The van der Waals surface area contributed by atoms with Crippen molar-refractivity contribution in [1.82, 2.24) is 29.1 Å². The second-order valence-electron chi connectivity index (χ2n) is 7.79. The van der Waals surface area contributed by atoms with Gasteiger partial charge in [-0.25, -0.2) is 14.5 Å². The van der Waals surface area contributed by atoms with Crippen molar-refractivity contribution < 1.29 is 18.0 Å². The van der Waals surface area contributed by atoms with Crippen LogP contribution < -0.4 is 5.32 Å². The van der Waals surface area contributed by atoms with E-state index < -0.39 is 17.6 Å². The van der Waals surface area contributed by atoms with Gasteiger partial charge >= 0.3 is 6.18 Å². The van der Waals surface area contributed by atoms with Gasteiger partial charge in [-0.1, -0.05) is 5.92 Å². The molecular weight excluding hydrogens is 471 g/mol. The Kier molecular flexibility index (Phi) is 5.69. The first kappa shape index (κ1) is 22.8. The van der Waals surface area contributed by atoms with Crippen molar-refractivity contribution in [1.29, 1.82) is 0 Å². The minimum Gasteiger partial charge on any atom is -0.322 e. The predicted octanol–water partition coefficient (Wildman–Crippen LogP) is 4.29. The van der Waals surface area contributed by atoms with Crippen molar-refractivity contribution in [2.75, 3.05) is 5.32 Å². The number of carbonyl (C=O) groups excluding carboxylic acids is 1. The Morgan fingerprint density at radius 3 is 2.69 bits per heavy atom. The number of halogens is 3. The fourth-order valence-corrected chi connectivity index (χ4v) is 3.44. The Labute approximate surface area is 202 Å². The third kappa shape index (κ3) is 4.78. The van der Waals surface area contributed by atoms with E-state index in [1.807, 2.05) is 0 Å². The van der Waals surface area contributed by atoms with Crippen LogP contribution in [0.1, 0.15) is 32.9 Å². The Bertz CT molecular complexity index is 1660. The molecule has 8 nitrogen and oxygen atoms in total. The van der Waals surface area contributed by atoms with E-state index in [-0.39, 0.29) is 16.9 Å². The molecule has 5 aromatic rings. The van der Waals surface area contributed by atoms with E-state index in [1.54, 1.807) is 42.2 Å². The molecule has 0 atom stereocenters. The molecule has 0 radical (unpaired) electrons. The highest BCUT2D eigenvalue weighted by molar-refractivity contribution is 6.04. The summed E-state index contributed by atoms with van der Waals surface area (Å²) in [6.07, 6.45) is 4.36. The number of anilines is 1. The van der Waals surface area contributed by atoms with Gasteiger partial charge < -0.3 is 9.88 Å². The van der Waals surface area contributed by atoms with E-state index in [0.29, 0.717) is 22.6 Å². The molecule has 178 valence electrons. The minimum atomic E-state index is -4.60. The number of rotatable bonds is 3. The average Bonchev–Trinajstić information content (AvgIpc) is 3.48. The van der Waals surface area contributed by atoms with Crippen LogP contribution in [0.15, 0.2) is 73.7 Å². The number of hydrogen-bond donors (Lipinski definition) is 1. The second kappa shape index (κ2) is 8.99. The highest BCUT2D eigenvalue weighted by Gasteiger charge is 2.31. The second-order valence-corrected chi connectivity index (χ2v) is 7.79. The summed E-state index contributed by atoms with van der Waals surface area (Å²) in [7, 11) is 0. The molecule has 36 heavy (non-hydrogen) atoms. The van der Waals surface area contributed by atoms with Crippen LogP contribution in [0.5, 0.6) is 0 Å². The van der Waals surface area contributed by atoms with Gasteiger partial charge in [-0.3, -0.25) is 9.78 Å². The lowest BCUT2D eigenvalue weighted by atomic mass is 10.1. The SMILES string of the molecule is Cc1cn(-c2cc(NC(=O)c3cncc(C#Cc4cnc5cccnn45)c3)cc(C(F)(F)F)c2)cn1. The molecular formula is C25H16F3N7O. The van der Waals surface area contributed by atoms with Crippen LogP contribution in [-0.4, -0.2) is 35.0 Å². The van der Waals surface area contributed by atoms with Crippen molar-refractivity contribution >= 4 is 17.2 Å². The van der Waals surface area contributed by atoms with Crippen molar-refractivity contribution in [3.05, 3.63) is 102 Å². The predicted molar refractivity (Wildman–Crippen MR) is 124 cm³/mol. The van der Waals surface area contributed by atoms with Gasteiger partial charge in [0, 0.05) is 41.7 Å². The number of pyridine rings is 1. The number of aromatic nitrogens is 6. The fraction of sp³-hybridized carbons (Fsp3) is 0.0800. The zero-order chi connectivity index (χ0) is 25.3. The average molecular weight is 487 g/mol. The minimum absolute atomic E-state index is 0.0236. The number of fused-ring (bicyclic) bond motifs is 1. The molecule has 0 saturated carbocycles. The van der Waals surface area contributed by atoms with Crippen LogP contribution in [0.25, 0.3) is 11.3 Å². The Morgan fingerprint density at radius 1 is 1.06 bits per heavy atom. The van der Waals surface area contributed by atoms with Crippen LogP contribution in [0, 0.1) is 18.8 Å². The first-order chi connectivity index (χ1) is 17.3. The molecule has 0 aliphatic carbocycles. The molecule has 1 N–H and O–H groups in total. The zero-order valence-electron chi connectivity index (χ0n) is 18.7. The van der Waals surface area contributed by atoms with Crippen molar-refractivity contribution in [2.24, 2.45) is 0 Å². The van der Waals surface area contributed by atoms with Crippen LogP contribution in [0.4, 0.5) is 18.9 Å². The molecule has 0 aliphatic heterocycles. The van der Waals surface area contributed by atoms with E-state index in [9.17, 15) is 18.0 Å². The quantitative estimate of drug-likeness (QED) is 0.384. The Morgan fingerprint density at radius 2 is 1.92 bits per heavy atom. The normalized spacial score (nSPS) is 11.2. The van der Waals surface area contributed by atoms with Gasteiger partial charge in [-0.2, -0.15) is 18.3 Å². The molecule has 4 aromatic heterocycles. The summed E-state index contributed by atoms with van der Waals surface area (Å²) >= 11 is 0. The molecule has 1 amide bonds. The zero-order valence-corrected chi connectivity index (χ0v) is 18.7. The lowest BCUT2D eigenvalue weighted by Gasteiger charge is -2.13. The van der Waals surface area contributed by atoms with Gasteiger partial charge in [0.05, 0.1) is 29.3 Å². The monoisotopic (exact) mass is 487 g/mol. The number of nitrogens with one attached hydrogen (secondary N) is 1. The number of nitrogens with zero attached hydrogens (tertiary/aromatic N) is 6. The van der Waals surface area contributed by atoms with Gasteiger partial charge in [0.1, 0.15) is 5.69 Å². The summed E-state index contributed by atoms with van der Waals surface area (Å²) in [5, 5.41) is 6.71. The molecule has 0 spiro atoms. The van der Waals surface area contributed by atoms with Crippen LogP contribution in [-0.2, 0) is 6.18 Å². The molecule has 0 saturated heterocycles. The van der Waals surface area contributed by atoms with Crippen LogP contribution in [0.3, 0.4) is 0 Å². The lowest BCUT2D eigenvalue weighted by Crippen LogP contribution is -2.14. The van der Waals surface area contributed by atoms with Crippen molar-refractivity contribution in [3.63, 3.8) is 0 Å². The van der Waals surface area contributed by atoms with Crippen molar-refractivity contribution in [3.8, 4) is 17.5 Å². The number of carbonyl (C=O) groups is 1. The standard InChI is InChI=1S/C25H16F3N7O/c1-16-14-34(15-31-16)22-9-19(25(26,27)28)8-20(10-22)33-24(36)18-7-17(11-29-12-18)4-5-21-13-30-23-3-2-6-32-35(21)23/h2-3,6-15H,1H3,(H,33,36). The van der Waals surface area contributed by atoms with Gasteiger partial charge in [-0.05, 0) is 49.2 Å². The molecule has 0 bridgehead atoms. The summed E-state index contributed by atoms with van der Waals surface area (Å²) in [6, 6.07) is 8.35. The Balaban J connectivity index is 1.42. The Hall–Kier alpha value is -4.98. The third-order valence-corrected chi connectivity index (χ3v) is 5.13. The van der Waals surface area contributed by atoms with Crippen LogP contribution in [0.2, 0.25) is 0 Å². The molecule has 11 heteroatoms. The number of amides is 1. The van der Waals surface area contributed by atoms with E-state index in [1.165, 1.54) is 35.4 Å². The first-order valence-corrected chi connectivity index (χ1v) is 10.6. The maximum atomic E-state index is 13.5. The smallest absolute Gasteiger partial charge is 0.322 e. The first-order valence-electron chi connectivity index (χ1n) is 10.6. The van der Waals surface area contributed by atoms with Crippen molar-refractivity contribution in [2.45, 2.75) is 13.1 Å². The molecule has 0 unspecified atom stereocenters. The molecule has 1 aromatic carbocycles. The summed E-state index contributed by atoms with van der Waals surface area (Å²) in [5.41, 5.74) is 1.68. The molecule has 0 aliphatic rings. The van der Waals surface area contributed by atoms with Crippen LogP contribution >= 0.6 is 0 Å². The van der Waals surface area contributed by atoms with E-state index in [0.717, 1.165) is 12.1 Å².